The average molecular weight is 458 g/mol. The summed E-state index contributed by atoms with van der Waals surface area (Å²) in [6.45, 7) is 2.16. The maximum atomic E-state index is 11.9. The Hall–Kier alpha value is -4.64. The maximum Gasteiger partial charge on any atom is 0.338 e. The van der Waals surface area contributed by atoms with Gasteiger partial charge in [-0.15, -0.1) is 0 Å². The van der Waals surface area contributed by atoms with E-state index in [0.717, 1.165) is 45.0 Å². The second-order valence-corrected chi connectivity index (χ2v) is 7.93. The van der Waals surface area contributed by atoms with E-state index in [9.17, 15) is 4.79 Å². The Labute approximate surface area is 204 Å². The van der Waals surface area contributed by atoms with Gasteiger partial charge in [-0.2, -0.15) is 0 Å². The number of carbonyl (C=O) groups is 1. The third kappa shape index (κ3) is 4.99. The highest BCUT2D eigenvalue weighted by Crippen LogP contribution is 2.30. The van der Waals surface area contributed by atoms with Crippen molar-refractivity contribution in [3.63, 3.8) is 0 Å². The normalized spacial score (nSPS) is 10.7. The molecule has 5 heteroatoms. The van der Waals surface area contributed by atoms with Crippen molar-refractivity contribution in [3.8, 4) is 45.0 Å². The van der Waals surface area contributed by atoms with Gasteiger partial charge >= 0.3 is 5.97 Å². The molecule has 0 fully saturated rings. The minimum absolute atomic E-state index is 0.306. The van der Waals surface area contributed by atoms with Crippen molar-refractivity contribution < 1.29 is 9.53 Å². The van der Waals surface area contributed by atoms with E-state index in [1.807, 2.05) is 48.5 Å². The summed E-state index contributed by atoms with van der Waals surface area (Å²) >= 11 is 0. The molecule has 5 aromatic rings. The summed E-state index contributed by atoms with van der Waals surface area (Å²) in [7, 11) is 0. The molecular weight excluding hydrogens is 434 g/mol. The van der Waals surface area contributed by atoms with Gasteiger partial charge in [0.05, 0.1) is 34.9 Å². The fraction of sp³-hybridized carbons (Fsp3) is 0.0667. The molecule has 170 valence electrons. The zero-order valence-corrected chi connectivity index (χ0v) is 19.3. The minimum Gasteiger partial charge on any atom is -0.462 e. The number of aromatic nitrogens is 3. The molecule has 0 amide bonds. The Kier molecular flexibility index (Phi) is 6.39. The van der Waals surface area contributed by atoms with E-state index >= 15 is 0 Å². The molecule has 0 bridgehead atoms. The number of nitrogens with zero attached hydrogens (tertiary/aromatic N) is 3. The molecule has 0 saturated carbocycles. The van der Waals surface area contributed by atoms with Crippen LogP contribution in [0.4, 0.5) is 0 Å². The molecule has 35 heavy (non-hydrogen) atoms. The van der Waals surface area contributed by atoms with Crippen LogP contribution in [0.5, 0.6) is 0 Å². The Morgan fingerprint density at radius 2 is 1.11 bits per heavy atom. The molecule has 0 radical (unpaired) electrons. The molecule has 0 aliphatic heterocycles. The van der Waals surface area contributed by atoms with Crippen molar-refractivity contribution in [3.05, 3.63) is 115 Å². The zero-order valence-electron chi connectivity index (χ0n) is 19.3. The van der Waals surface area contributed by atoms with Crippen LogP contribution in [-0.2, 0) is 4.74 Å². The summed E-state index contributed by atoms with van der Waals surface area (Å²) in [5, 5.41) is 0. The van der Waals surface area contributed by atoms with Gasteiger partial charge in [0.2, 0.25) is 0 Å². The van der Waals surface area contributed by atoms with E-state index in [4.69, 9.17) is 9.72 Å². The highest BCUT2D eigenvalue weighted by atomic mass is 16.5. The lowest BCUT2D eigenvalue weighted by Crippen LogP contribution is -2.03. The van der Waals surface area contributed by atoms with Gasteiger partial charge in [-0.25, -0.2) is 9.78 Å². The third-order valence-electron chi connectivity index (χ3n) is 5.63. The summed E-state index contributed by atoms with van der Waals surface area (Å²) in [6.07, 6.45) is 3.54. The molecule has 5 rings (SSSR count). The Morgan fingerprint density at radius 3 is 1.57 bits per heavy atom. The highest BCUT2D eigenvalue weighted by Gasteiger charge is 2.11. The van der Waals surface area contributed by atoms with Crippen molar-refractivity contribution in [2.75, 3.05) is 6.61 Å². The lowest BCUT2D eigenvalue weighted by atomic mass is 9.98. The first-order chi connectivity index (χ1) is 17.2. The summed E-state index contributed by atoms with van der Waals surface area (Å²) in [5.41, 5.74) is 7.95. The second-order valence-electron chi connectivity index (χ2n) is 7.93. The van der Waals surface area contributed by atoms with Gasteiger partial charge in [0.25, 0.3) is 0 Å². The lowest BCUT2D eigenvalue weighted by molar-refractivity contribution is 0.0526. The molecule has 5 nitrogen and oxygen atoms in total. The van der Waals surface area contributed by atoms with Crippen LogP contribution in [0.25, 0.3) is 45.0 Å². The van der Waals surface area contributed by atoms with Crippen molar-refractivity contribution in [2.45, 2.75) is 6.92 Å². The predicted octanol–water partition coefficient (Wildman–Crippen LogP) is 6.72. The summed E-state index contributed by atoms with van der Waals surface area (Å²) in [5.74, 6) is -0.306. The van der Waals surface area contributed by atoms with E-state index in [1.54, 1.807) is 31.5 Å². The Bertz CT molecular complexity index is 1380. The second kappa shape index (κ2) is 10.1. The van der Waals surface area contributed by atoms with Gasteiger partial charge in [-0.3, -0.25) is 9.97 Å². The predicted molar refractivity (Wildman–Crippen MR) is 138 cm³/mol. The first-order valence-corrected chi connectivity index (χ1v) is 11.4. The van der Waals surface area contributed by atoms with E-state index in [0.29, 0.717) is 12.2 Å². The topological polar surface area (TPSA) is 65.0 Å². The van der Waals surface area contributed by atoms with Gasteiger partial charge in [-0.05, 0) is 77.7 Å². The minimum atomic E-state index is -0.306. The molecule has 0 saturated heterocycles. The molecule has 3 heterocycles. The number of carbonyl (C=O) groups excluding carboxylic acids is 1. The van der Waals surface area contributed by atoms with Crippen LogP contribution < -0.4 is 0 Å². The van der Waals surface area contributed by atoms with Crippen LogP contribution in [0.15, 0.2) is 109 Å². The number of rotatable bonds is 6. The van der Waals surface area contributed by atoms with Gasteiger partial charge in [0.1, 0.15) is 0 Å². The molecule has 3 aromatic heterocycles. The largest absolute Gasteiger partial charge is 0.462 e. The van der Waals surface area contributed by atoms with Crippen molar-refractivity contribution in [1.29, 1.82) is 0 Å². The molecule has 0 aliphatic carbocycles. The van der Waals surface area contributed by atoms with E-state index in [-0.39, 0.29) is 5.97 Å². The summed E-state index contributed by atoms with van der Waals surface area (Å²) in [4.78, 5) is 25.7. The molecule has 0 unspecified atom stereocenters. The van der Waals surface area contributed by atoms with Crippen LogP contribution in [0, 0.1) is 0 Å². The first kappa shape index (κ1) is 22.2. The summed E-state index contributed by atoms with van der Waals surface area (Å²) < 4.78 is 5.07. The Balaban J connectivity index is 1.49. The number of ether oxygens (including phenoxy) is 1. The summed E-state index contributed by atoms with van der Waals surface area (Å²) in [6, 6.07) is 31.5. The smallest absolute Gasteiger partial charge is 0.338 e. The SMILES string of the molecule is CCOC(=O)c1ccc(-c2ccc(-c3cc(-c4ccccn4)nc(-c4ccccn4)c3)cc2)cc1. The van der Waals surface area contributed by atoms with Crippen LogP contribution >= 0.6 is 0 Å². The van der Waals surface area contributed by atoms with E-state index in [1.165, 1.54) is 0 Å². The monoisotopic (exact) mass is 457 g/mol. The molecule has 0 spiro atoms. The Morgan fingerprint density at radius 1 is 0.629 bits per heavy atom. The van der Waals surface area contributed by atoms with Crippen LogP contribution in [-0.4, -0.2) is 27.5 Å². The number of benzene rings is 2. The van der Waals surface area contributed by atoms with E-state index < -0.39 is 0 Å². The maximum absolute atomic E-state index is 11.9. The number of hydrogen-bond donors (Lipinski definition) is 0. The van der Waals surface area contributed by atoms with Gasteiger partial charge < -0.3 is 4.74 Å². The van der Waals surface area contributed by atoms with Gasteiger partial charge in [0, 0.05) is 12.4 Å². The van der Waals surface area contributed by atoms with Crippen LogP contribution in [0.1, 0.15) is 17.3 Å². The van der Waals surface area contributed by atoms with Gasteiger partial charge in [-0.1, -0.05) is 48.5 Å². The molecule has 2 aromatic carbocycles. The fourth-order valence-electron chi connectivity index (χ4n) is 3.86. The zero-order chi connectivity index (χ0) is 24.0. The number of hydrogen-bond acceptors (Lipinski definition) is 5. The lowest BCUT2D eigenvalue weighted by Gasteiger charge is -2.10. The van der Waals surface area contributed by atoms with Gasteiger partial charge in [0.15, 0.2) is 0 Å². The van der Waals surface area contributed by atoms with Crippen molar-refractivity contribution >= 4 is 5.97 Å². The molecule has 0 atom stereocenters. The molecule has 0 aliphatic rings. The average Bonchev–Trinajstić information content (AvgIpc) is 2.94. The van der Waals surface area contributed by atoms with Crippen LogP contribution in [0.3, 0.4) is 0 Å². The van der Waals surface area contributed by atoms with E-state index in [2.05, 4.69) is 46.4 Å². The highest BCUT2D eigenvalue weighted by molar-refractivity contribution is 5.90. The fourth-order valence-corrected chi connectivity index (χ4v) is 3.86. The molecule has 0 N–H and O–H groups in total. The van der Waals surface area contributed by atoms with Crippen molar-refractivity contribution in [1.82, 2.24) is 15.0 Å². The third-order valence-corrected chi connectivity index (χ3v) is 5.63. The molecular formula is C30H23N3O2. The first-order valence-electron chi connectivity index (χ1n) is 11.4. The van der Waals surface area contributed by atoms with Crippen LogP contribution in [0.2, 0.25) is 0 Å². The quantitative estimate of drug-likeness (QED) is 0.265. The standard InChI is InChI=1S/C30H23N3O2/c1-2-35-30(34)24-15-13-22(14-16-24)21-9-11-23(12-10-21)25-19-28(26-7-3-5-17-31-26)33-29(20-25)27-8-4-6-18-32-27/h3-20H,2H2,1H3. The number of pyridine rings is 3. The van der Waals surface area contributed by atoms with Crippen molar-refractivity contribution in [2.24, 2.45) is 0 Å². The number of esters is 1.